The lowest BCUT2D eigenvalue weighted by Gasteiger charge is -2.47. The fourth-order valence-electron chi connectivity index (χ4n) is 4.91. The number of rotatable bonds is 5. The van der Waals surface area contributed by atoms with Crippen molar-refractivity contribution in [2.75, 3.05) is 35.0 Å². The Morgan fingerprint density at radius 1 is 0.786 bits per heavy atom. The first-order valence-electron chi connectivity index (χ1n) is 9.90. The quantitative estimate of drug-likeness (QED) is 0.769. The van der Waals surface area contributed by atoms with Gasteiger partial charge in [-0.2, -0.15) is 0 Å². The Morgan fingerprint density at radius 2 is 1.32 bits per heavy atom. The van der Waals surface area contributed by atoms with E-state index in [1.54, 1.807) is 28.4 Å². The third-order valence-electron chi connectivity index (χ3n) is 6.25. The maximum Gasteiger partial charge on any atom is 0.161 e. The molecular formula is C23H29NO4. The number of fused-ring (bicyclic) bond motifs is 4. The molecule has 0 unspecified atom stereocenters. The van der Waals surface area contributed by atoms with E-state index >= 15 is 0 Å². The predicted molar refractivity (Wildman–Crippen MR) is 109 cm³/mol. The zero-order chi connectivity index (χ0) is 19.8. The molecule has 0 saturated carbocycles. The Kier molecular flexibility index (Phi) is 5.11. The molecule has 5 nitrogen and oxygen atoms in total. The molecule has 2 atom stereocenters. The number of ether oxygens (including phenoxy) is 4. The standard InChI is InChI=1S/C23H29NO4/c1-6-18-17-13-23(28-5)21(26-3)11-15(17)9-19-16-12-22(27-4)20(25-2)10-14(16)7-8-24(18)19/h10-13,18-19H,6-9H2,1-5H3/t18-,19-/m1/s1. The molecule has 0 amide bonds. The molecule has 0 radical (unpaired) electrons. The third-order valence-corrected chi connectivity index (χ3v) is 6.25. The summed E-state index contributed by atoms with van der Waals surface area (Å²) in [5.41, 5.74) is 5.41. The van der Waals surface area contributed by atoms with E-state index in [-0.39, 0.29) is 0 Å². The van der Waals surface area contributed by atoms with Crippen molar-refractivity contribution in [3.05, 3.63) is 46.5 Å². The predicted octanol–water partition coefficient (Wildman–Crippen LogP) is 4.33. The maximum atomic E-state index is 5.59. The van der Waals surface area contributed by atoms with Crippen LogP contribution in [-0.2, 0) is 12.8 Å². The van der Waals surface area contributed by atoms with Crippen molar-refractivity contribution < 1.29 is 18.9 Å². The summed E-state index contributed by atoms with van der Waals surface area (Å²) in [6, 6.07) is 9.35. The first kappa shape index (κ1) is 18.9. The van der Waals surface area contributed by atoms with E-state index in [4.69, 9.17) is 18.9 Å². The van der Waals surface area contributed by atoms with E-state index in [0.717, 1.165) is 48.8 Å². The molecule has 150 valence electrons. The normalized spacial score (nSPS) is 20.6. The van der Waals surface area contributed by atoms with Crippen molar-refractivity contribution in [1.82, 2.24) is 4.90 Å². The second-order valence-corrected chi connectivity index (χ2v) is 7.44. The van der Waals surface area contributed by atoms with Crippen LogP contribution in [-0.4, -0.2) is 39.9 Å². The molecule has 0 aliphatic carbocycles. The summed E-state index contributed by atoms with van der Waals surface area (Å²) in [6.45, 7) is 3.30. The van der Waals surface area contributed by atoms with Crippen molar-refractivity contribution in [1.29, 1.82) is 0 Å². The minimum absolute atomic E-state index is 0.333. The van der Waals surface area contributed by atoms with Gasteiger partial charge in [0.1, 0.15) is 0 Å². The molecule has 2 aliphatic rings. The van der Waals surface area contributed by atoms with Crippen molar-refractivity contribution >= 4 is 0 Å². The molecule has 0 fully saturated rings. The zero-order valence-corrected chi connectivity index (χ0v) is 17.4. The van der Waals surface area contributed by atoms with E-state index in [9.17, 15) is 0 Å². The van der Waals surface area contributed by atoms with Crippen LogP contribution in [0.5, 0.6) is 23.0 Å². The minimum atomic E-state index is 0.333. The molecular weight excluding hydrogens is 354 g/mol. The monoisotopic (exact) mass is 383 g/mol. The van der Waals surface area contributed by atoms with Crippen LogP contribution in [0.15, 0.2) is 24.3 Å². The summed E-state index contributed by atoms with van der Waals surface area (Å²) in [7, 11) is 6.80. The van der Waals surface area contributed by atoms with Gasteiger partial charge in [0, 0.05) is 18.6 Å². The average molecular weight is 383 g/mol. The lowest BCUT2D eigenvalue weighted by Crippen LogP contribution is -2.42. The number of hydrogen-bond acceptors (Lipinski definition) is 5. The molecule has 2 heterocycles. The van der Waals surface area contributed by atoms with Gasteiger partial charge in [-0.05, 0) is 65.8 Å². The molecule has 28 heavy (non-hydrogen) atoms. The number of nitrogens with zero attached hydrogens (tertiary/aromatic N) is 1. The third kappa shape index (κ3) is 2.89. The van der Waals surface area contributed by atoms with Crippen LogP contribution >= 0.6 is 0 Å². The molecule has 0 N–H and O–H groups in total. The van der Waals surface area contributed by atoms with Gasteiger partial charge in [-0.1, -0.05) is 6.92 Å². The lowest BCUT2D eigenvalue weighted by atomic mass is 9.79. The van der Waals surface area contributed by atoms with Crippen LogP contribution in [0.3, 0.4) is 0 Å². The summed E-state index contributed by atoms with van der Waals surface area (Å²) in [5, 5.41) is 0. The van der Waals surface area contributed by atoms with Crippen LogP contribution in [0.4, 0.5) is 0 Å². The minimum Gasteiger partial charge on any atom is -0.493 e. The highest BCUT2D eigenvalue weighted by molar-refractivity contribution is 5.53. The van der Waals surface area contributed by atoms with Gasteiger partial charge in [0.15, 0.2) is 23.0 Å². The fourth-order valence-corrected chi connectivity index (χ4v) is 4.91. The van der Waals surface area contributed by atoms with Gasteiger partial charge in [0.25, 0.3) is 0 Å². The second-order valence-electron chi connectivity index (χ2n) is 7.44. The van der Waals surface area contributed by atoms with Crippen molar-refractivity contribution in [3.63, 3.8) is 0 Å². The summed E-state index contributed by atoms with van der Waals surface area (Å²) < 4.78 is 22.3. The highest BCUT2D eigenvalue weighted by Crippen LogP contribution is 2.49. The molecule has 2 aliphatic heterocycles. The molecule has 0 bridgehead atoms. The molecule has 0 aromatic heterocycles. The Labute approximate surface area is 167 Å². The second kappa shape index (κ2) is 7.55. The van der Waals surface area contributed by atoms with E-state index in [1.807, 2.05) is 0 Å². The summed E-state index contributed by atoms with van der Waals surface area (Å²) >= 11 is 0. The molecule has 2 aromatic rings. The zero-order valence-electron chi connectivity index (χ0n) is 17.4. The van der Waals surface area contributed by atoms with Crippen LogP contribution in [0.25, 0.3) is 0 Å². The smallest absolute Gasteiger partial charge is 0.161 e. The van der Waals surface area contributed by atoms with Crippen LogP contribution in [0, 0.1) is 0 Å². The van der Waals surface area contributed by atoms with Crippen LogP contribution in [0.2, 0.25) is 0 Å². The topological polar surface area (TPSA) is 40.2 Å². The maximum absolute atomic E-state index is 5.59. The Hall–Kier alpha value is -2.40. The van der Waals surface area contributed by atoms with Gasteiger partial charge in [-0.15, -0.1) is 0 Å². The van der Waals surface area contributed by atoms with E-state index in [0.29, 0.717) is 12.1 Å². The van der Waals surface area contributed by atoms with Crippen LogP contribution in [0.1, 0.15) is 47.7 Å². The first-order valence-corrected chi connectivity index (χ1v) is 9.90. The van der Waals surface area contributed by atoms with Crippen molar-refractivity contribution in [2.24, 2.45) is 0 Å². The highest BCUT2D eigenvalue weighted by Gasteiger charge is 2.38. The first-order chi connectivity index (χ1) is 13.6. The number of methoxy groups -OCH3 is 4. The van der Waals surface area contributed by atoms with Crippen molar-refractivity contribution in [2.45, 2.75) is 38.3 Å². The Morgan fingerprint density at radius 3 is 1.89 bits per heavy atom. The van der Waals surface area contributed by atoms with Gasteiger partial charge >= 0.3 is 0 Å². The Balaban J connectivity index is 1.82. The van der Waals surface area contributed by atoms with Gasteiger partial charge in [0.2, 0.25) is 0 Å². The van der Waals surface area contributed by atoms with Gasteiger partial charge in [-0.25, -0.2) is 0 Å². The largest absolute Gasteiger partial charge is 0.493 e. The van der Waals surface area contributed by atoms with Crippen LogP contribution < -0.4 is 18.9 Å². The molecule has 0 saturated heterocycles. The summed E-state index contributed by atoms with van der Waals surface area (Å²) in [6.07, 6.45) is 3.03. The molecule has 4 rings (SSSR count). The summed E-state index contributed by atoms with van der Waals surface area (Å²) in [4.78, 5) is 2.64. The SMILES string of the molecule is CC[C@@H]1c2cc(OC)c(OC)cc2C[C@@H]2c3cc(OC)c(OC)cc3CCN12. The molecule has 0 spiro atoms. The summed E-state index contributed by atoms with van der Waals surface area (Å²) in [5.74, 6) is 3.22. The van der Waals surface area contributed by atoms with Gasteiger partial charge < -0.3 is 18.9 Å². The fraction of sp³-hybridized carbons (Fsp3) is 0.478. The van der Waals surface area contributed by atoms with E-state index < -0.39 is 0 Å². The Bertz CT molecular complexity index is 879. The number of hydrogen-bond donors (Lipinski definition) is 0. The average Bonchev–Trinajstić information content (AvgIpc) is 2.75. The van der Waals surface area contributed by atoms with E-state index in [1.165, 1.54) is 22.3 Å². The van der Waals surface area contributed by atoms with Gasteiger partial charge in [-0.3, -0.25) is 4.90 Å². The number of benzene rings is 2. The molecule has 5 heteroatoms. The lowest BCUT2D eigenvalue weighted by molar-refractivity contribution is 0.103. The van der Waals surface area contributed by atoms with Crippen molar-refractivity contribution in [3.8, 4) is 23.0 Å². The van der Waals surface area contributed by atoms with Gasteiger partial charge in [0.05, 0.1) is 28.4 Å². The highest BCUT2D eigenvalue weighted by atomic mass is 16.5. The van der Waals surface area contributed by atoms with E-state index in [2.05, 4.69) is 36.1 Å². The molecule has 2 aromatic carbocycles.